The lowest BCUT2D eigenvalue weighted by atomic mass is 10.2. The molecule has 0 atom stereocenters. The Bertz CT molecular complexity index is 1290. The highest BCUT2D eigenvalue weighted by Gasteiger charge is 2.13. The summed E-state index contributed by atoms with van der Waals surface area (Å²) in [7, 11) is 3.08. The molecule has 0 aliphatic carbocycles. The molecule has 3 aromatic rings. The van der Waals surface area contributed by atoms with Gasteiger partial charge in [-0.2, -0.15) is 5.10 Å². The quantitative estimate of drug-likeness (QED) is 0.199. The fourth-order valence-electron chi connectivity index (χ4n) is 3.10. The van der Waals surface area contributed by atoms with Crippen molar-refractivity contribution in [3.8, 4) is 17.2 Å². The standard InChI is InChI=1S/C26H24BrCl2N3O5/c1-35-20-7-5-19(6-8-20)31-24(33)9-10-25(34)32-30-14-16-11-21(27)26(23(12-16)36-2)37-15-17-3-4-18(28)13-22(17)29/h3-8,11-14H,9-10,15H2,1-2H3,(H,31,33)(H,32,34). The fourth-order valence-corrected chi connectivity index (χ4v) is 4.14. The first-order valence-electron chi connectivity index (χ1n) is 11.0. The first-order valence-corrected chi connectivity index (χ1v) is 12.5. The van der Waals surface area contributed by atoms with Crippen LogP contribution < -0.4 is 25.0 Å². The number of nitrogens with zero attached hydrogens (tertiary/aromatic N) is 1. The molecule has 0 spiro atoms. The summed E-state index contributed by atoms with van der Waals surface area (Å²) >= 11 is 15.6. The van der Waals surface area contributed by atoms with Crippen molar-refractivity contribution in [2.75, 3.05) is 19.5 Å². The average molecular weight is 609 g/mol. The summed E-state index contributed by atoms with van der Waals surface area (Å²) in [6, 6.07) is 15.6. The van der Waals surface area contributed by atoms with Gasteiger partial charge in [-0.05, 0) is 70.0 Å². The van der Waals surface area contributed by atoms with E-state index < -0.39 is 5.91 Å². The summed E-state index contributed by atoms with van der Waals surface area (Å²) in [5.74, 6) is 0.949. The summed E-state index contributed by atoms with van der Waals surface area (Å²) in [6.45, 7) is 0.209. The van der Waals surface area contributed by atoms with Crippen molar-refractivity contribution < 1.29 is 23.8 Å². The molecule has 0 aliphatic heterocycles. The van der Waals surface area contributed by atoms with Crippen LogP contribution in [0, 0.1) is 0 Å². The number of hydrogen-bond donors (Lipinski definition) is 2. The SMILES string of the molecule is COc1ccc(NC(=O)CCC(=O)NN=Cc2cc(Br)c(OCc3ccc(Cl)cc3Cl)c(OC)c2)cc1. The van der Waals surface area contributed by atoms with Crippen LogP contribution in [-0.4, -0.2) is 32.2 Å². The van der Waals surface area contributed by atoms with Crippen molar-refractivity contribution in [3.63, 3.8) is 0 Å². The number of carbonyl (C=O) groups is 2. The molecular formula is C26H24BrCl2N3O5. The molecule has 2 amide bonds. The van der Waals surface area contributed by atoms with Crippen LogP contribution in [0.2, 0.25) is 10.0 Å². The fraction of sp³-hybridized carbons (Fsp3) is 0.192. The number of ether oxygens (including phenoxy) is 3. The largest absolute Gasteiger partial charge is 0.497 e. The molecule has 0 bridgehead atoms. The highest BCUT2D eigenvalue weighted by Crippen LogP contribution is 2.37. The minimum absolute atomic E-state index is 0.0103. The molecule has 37 heavy (non-hydrogen) atoms. The Morgan fingerprint density at radius 3 is 2.38 bits per heavy atom. The maximum Gasteiger partial charge on any atom is 0.240 e. The summed E-state index contributed by atoms with van der Waals surface area (Å²) in [5.41, 5.74) is 4.45. The van der Waals surface area contributed by atoms with Gasteiger partial charge in [-0.25, -0.2) is 5.43 Å². The van der Waals surface area contributed by atoms with Crippen LogP contribution in [-0.2, 0) is 16.2 Å². The van der Waals surface area contributed by atoms with Gasteiger partial charge in [0.25, 0.3) is 0 Å². The number of benzene rings is 3. The number of carbonyl (C=O) groups excluding carboxylic acids is 2. The highest BCUT2D eigenvalue weighted by atomic mass is 79.9. The van der Waals surface area contributed by atoms with E-state index >= 15 is 0 Å². The van der Waals surface area contributed by atoms with Crippen molar-refractivity contribution in [2.24, 2.45) is 5.10 Å². The second-order valence-corrected chi connectivity index (χ2v) is 9.33. The molecule has 0 saturated heterocycles. The van der Waals surface area contributed by atoms with Gasteiger partial charge in [0.05, 0.1) is 24.9 Å². The second-order valence-electron chi connectivity index (χ2n) is 7.63. The van der Waals surface area contributed by atoms with E-state index in [4.69, 9.17) is 37.4 Å². The minimum Gasteiger partial charge on any atom is -0.497 e. The third-order valence-corrected chi connectivity index (χ3v) is 6.17. The summed E-state index contributed by atoms with van der Waals surface area (Å²) < 4.78 is 17.1. The van der Waals surface area contributed by atoms with E-state index in [-0.39, 0.29) is 25.4 Å². The van der Waals surface area contributed by atoms with E-state index in [0.717, 1.165) is 5.56 Å². The van der Waals surface area contributed by atoms with Gasteiger partial charge in [-0.3, -0.25) is 9.59 Å². The van der Waals surface area contributed by atoms with Crippen molar-refractivity contribution >= 4 is 62.8 Å². The van der Waals surface area contributed by atoms with E-state index in [1.54, 1.807) is 61.7 Å². The van der Waals surface area contributed by atoms with E-state index in [2.05, 4.69) is 31.8 Å². The van der Waals surface area contributed by atoms with Gasteiger partial charge < -0.3 is 19.5 Å². The zero-order valence-electron chi connectivity index (χ0n) is 20.0. The molecule has 3 rings (SSSR count). The minimum atomic E-state index is -0.396. The molecule has 8 nitrogen and oxygen atoms in total. The molecule has 194 valence electrons. The van der Waals surface area contributed by atoms with E-state index in [1.165, 1.54) is 13.3 Å². The molecule has 0 fully saturated rings. The van der Waals surface area contributed by atoms with Crippen LogP contribution in [0.1, 0.15) is 24.0 Å². The third-order valence-electron chi connectivity index (χ3n) is 4.99. The van der Waals surface area contributed by atoms with Crippen molar-refractivity contribution in [2.45, 2.75) is 19.4 Å². The molecule has 0 aromatic heterocycles. The predicted octanol–water partition coefficient (Wildman–Crippen LogP) is 6.22. The molecular weight excluding hydrogens is 585 g/mol. The number of amides is 2. The van der Waals surface area contributed by atoms with Gasteiger partial charge in [-0.1, -0.05) is 29.3 Å². The Labute approximate surface area is 233 Å². The first-order chi connectivity index (χ1) is 17.8. The van der Waals surface area contributed by atoms with Crippen LogP contribution in [0.3, 0.4) is 0 Å². The van der Waals surface area contributed by atoms with Gasteiger partial charge in [0.2, 0.25) is 11.8 Å². The lowest BCUT2D eigenvalue weighted by Crippen LogP contribution is -2.20. The summed E-state index contributed by atoms with van der Waals surface area (Å²) in [6.07, 6.45) is 1.45. The van der Waals surface area contributed by atoms with Crippen molar-refractivity contribution in [1.29, 1.82) is 0 Å². The molecule has 0 saturated carbocycles. The molecule has 0 heterocycles. The molecule has 0 radical (unpaired) electrons. The Kier molecular flexibility index (Phi) is 10.6. The predicted molar refractivity (Wildman–Crippen MR) is 148 cm³/mol. The van der Waals surface area contributed by atoms with Gasteiger partial charge in [0.1, 0.15) is 12.4 Å². The Morgan fingerprint density at radius 2 is 1.70 bits per heavy atom. The number of hydrazone groups is 1. The second kappa shape index (κ2) is 13.9. The average Bonchev–Trinajstić information content (AvgIpc) is 2.88. The lowest BCUT2D eigenvalue weighted by molar-refractivity contribution is -0.124. The highest BCUT2D eigenvalue weighted by molar-refractivity contribution is 9.10. The van der Waals surface area contributed by atoms with E-state index in [1.807, 2.05) is 0 Å². The lowest BCUT2D eigenvalue weighted by Gasteiger charge is -2.14. The summed E-state index contributed by atoms with van der Waals surface area (Å²) in [4.78, 5) is 24.2. The first kappa shape index (κ1) is 28.3. The maximum atomic E-state index is 12.1. The van der Waals surface area contributed by atoms with Crippen LogP contribution in [0.25, 0.3) is 0 Å². The van der Waals surface area contributed by atoms with E-state index in [0.29, 0.717) is 43.0 Å². The van der Waals surface area contributed by atoms with Crippen LogP contribution in [0.4, 0.5) is 5.69 Å². The smallest absolute Gasteiger partial charge is 0.240 e. The Morgan fingerprint density at radius 1 is 0.973 bits per heavy atom. The zero-order chi connectivity index (χ0) is 26.8. The monoisotopic (exact) mass is 607 g/mol. The van der Waals surface area contributed by atoms with Gasteiger partial charge in [0, 0.05) is 34.1 Å². The van der Waals surface area contributed by atoms with Gasteiger partial charge in [0.15, 0.2) is 11.5 Å². The van der Waals surface area contributed by atoms with Crippen LogP contribution in [0.5, 0.6) is 17.2 Å². The number of halogens is 3. The molecule has 3 aromatic carbocycles. The Hall–Kier alpha value is -3.27. The normalized spacial score (nSPS) is 10.7. The molecule has 0 unspecified atom stereocenters. The van der Waals surface area contributed by atoms with E-state index in [9.17, 15) is 9.59 Å². The zero-order valence-corrected chi connectivity index (χ0v) is 23.1. The van der Waals surface area contributed by atoms with Crippen LogP contribution >= 0.6 is 39.1 Å². The topological polar surface area (TPSA) is 98.2 Å². The number of rotatable bonds is 11. The van der Waals surface area contributed by atoms with Gasteiger partial charge >= 0.3 is 0 Å². The molecule has 2 N–H and O–H groups in total. The maximum absolute atomic E-state index is 12.1. The number of anilines is 1. The Balaban J connectivity index is 1.51. The van der Waals surface area contributed by atoms with Crippen molar-refractivity contribution in [3.05, 3.63) is 80.2 Å². The molecule has 11 heteroatoms. The number of nitrogens with one attached hydrogen (secondary N) is 2. The summed E-state index contributed by atoms with van der Waals surface area (Å²) in [5, 5.41) is 7.73. The van der Waals surface area contributed by atoms with Crippen LogP contribution in [0.15, 0.2) is 64.2 Å². The van der Waals surface area contributed by atoms with Gasteiger partial charge in [-0.15, -0.1) is 0 Å². The number of methoxy groups -OCH3 is 2. The molecule has 0 aliphatic rings. The number of hydrogen-bond acceptors (Lipinski definition) is 6. The third kappa shape index (κ3) is 8.66. The van der Waals surface area contributed by atoms with Crippen molar-refractivity contribution in [1.82, 2.24) is 5.43 Å².